The second-order valence-corrected chi connectivity index (χ2v) is 7.17. The monoisotopic (exact) mass is 413 g/mol. The summed E-state index contributed by atoms with van der Waals surface area (Å²) < 4.78 is 21.8. The molecule has 1 aromatic heterocycles. The zero-order chi connectivity index (χ0) is 21.3. The van der Waals surface area contributed by atoms with Gasteiger partial charge in [-0.1, -0.05) is 0 Å². The second-order valence-electron chi connectivity index (χ2n) is 7.17. The number of Topliss-reactive ketones (excluding diaryl/α,β-unsaturated/α-hetero) is 1. The number of aliphatic hydroxyl groups is 1. The molecule has 158 valence electrons. The van der Waals surface area contributed by atoms with Gasteiger partial charge in [-0.05, 0) is 43.2 Å². The molecule has 8 heteroatoms. The number of carbonyl (C=O) groups is 2. The predicted octanol–water partition coefficient (Wildman–Crippen LogP) is 3.05. The van der Waals surface area contributed by atoms with Crippen molar-refractivity contribution >= 4 is 11.7 Å². The lowest BCUT2D eigenvalue weighted by molar-refractivity contribution is -0.131. The summed E-state index contributed by atoms with van der Waals surface area (Å²) in [6.45, 7) is 0.861. The van der Waals surface area contributed by atoms with Crippen LogP contribution in [0.25, 0.3) is 0 Å². The van der Waals surface area contributed by atoms with Gasteiger partial charge >= 0.3 is 0 Å². The topological polar surface area (TPSA) is 98.4 Å². The minimum atomic E-state index is -0.871. The molecule has 1 fully saturated rings. The summed E-state index contributed by atoms with van der Waals surface area (Å²) in [5.74, 6) is -0.748. The Balaban J connectivity index is 1.83. The maximum atomic E-state index is 13.2. The molecule has 3 heterocycles. The summed E-state index contributed by atoms with van der Waals surface area (Å²) in [5, 5.41) is 10.7. The molecule has 0 bridgehead atoms. The van der Waals surface area contributed by atoms with Crippen LogP contribution in [0.5, 0.6) is 11.5 Å². The van der Waals surface area contributed by atoms with Crippen molar-refractivity contribution < 1.29 is 33.3 Å². The lowest BCUT2D eigenvalue weighted by atomic mass is 9.94. The third kappa shape index (κ3) is 3.43. The van der Waals surface area contributed by atoms with Gasteiger partial charge in [-0.15, -0.1) is 0 Å². The van der Waals surface area contributed by atoms with E-state index in [-0.39, 0.29) is 24.0 Å². The van der Waals surface area contributed by atoms with Crippen molar-refractivity contribution in [2.24, 2.45) is 0 Å². The van der Waals surface area contributed by atoms with Crippen molar-refractivity contribution in [3.8, 4) is 11.5 Å². The minimum absolute atomic E-state index is 0.0372. The van der Waals surface area contributed by atoms with E-state index in [0.717, 1.165) is 12.8 Å². The molecule has 1 N–H and O–H groups in total. The highest BCUT2D eigenvalue weighted by molar-refractivity contribution is 6.15. The maximum absolute atomic E-state index is 13.2. The molecule has 1 saturated heterocycles. The molecule has 4 rings (SSSR count). The number of hydrogen-bond acceptors (Lipinski definition) is 7. The highest BCUT2D eigenvalue weighted by atomic mass is 16.5. The van der Waals surface area contributed by atoms with Crippen molar-refractivity contribution in [2.75, 3.05) is 27.4 Å². The van der Waals surface area contributed by atoms with E-state index in [9.17, 15) is 14.7 Å². The molecule has 0 saturated carbocycles. The van der Waals surface area contributed by atoms with Crippen LogP contribution in [-0.2, 0) is 9.53 Å². The van der Waals surface area contributed by atoms with Crippen LogP contribution < -0.4 is 9.47 Å². The van der Waals surface area contributed by atoms with Crippen molar-refractivity contribution in [1.29, 1.82) is 0 Å². The Kier molecular flexibility index (Phi) is 5.50. The van der Waals surface area contributed by atoms with E-state index in [4.69, 9.17) is 18.6 Å². The van der Waals surface area contributed by atoms with Crippen LogP contribution in [0.15, 0.2) is 52.3 Å². The van der Waals surface area contributed by atoms with Gasteiger partial charge in [-0.3, -0.25) is 9.59 Å². The number of ether oxygens (including phenoxy) is 3. The molecule has 1 aromatic carbocycles. The van der Waals surface area contributed by atoms with Gasteiger partial charge in [0.15, 0.2) is 11.5 Å². The fourth-order valence-electron chi connectivity index (χ4n) is 4.00. The highest BCUT2D eigenvalue weighted by Gasteiger charge is 2.46. The molecule has 8 nitrogen and oxygen atoms in total. The van der Waals surface area contributed by atoms with E-state index < -0.39 is 23.5 Å². The maximum Gasteiger partial charge on any atom is 0.290 e. The van der Waals surface area contributed by atoms with Crippen LogP contribution in [0.3, 0.4) is 0 Å². The molecule has 30 heavy (non-hydrogen) atoms. The van der Waals surface area contributed by atoms with Crippen LogP contribution >= 0.6 is 0 Å². The third-order valence-corrected chi connectivity index (χ3v) is 5.45. The van der Waals surface area contributed by atoms with Gasteiger partial charge < -0.3 is 28.6 Å². The number of furan rings is 1. The Labute approximate surface area is 173 Å². The van der Waals surface area contributed by atoms with E-state index >= 15 is 0 Å². The first-order valence-corrected chi connectivity index (χ1v) is 9.71. The van der Waals surface area contributed by atoms with E-state index in [1.165, 1.54) is 31.4 Å². The molecule has 0 spiro atoms. The number of methoxy groups -OCH3 is 2. The van der Waals surface area contributed by atoms with Crippen molar-refractivity contribution in [3.05, 3.63) is 59.3 Å². The van der Waals surface area contributed by atoms with Gasteiger partial charge in [-0.2, -0.15) is 0 Å². The summed E-state index contributed by atoms with van der Waals surface area (Å²) in [7, 11) is 3.03. The first kappa shape index (κ1) is 20.0. The van der Waals surface area contributed by atoms with Crippen LogP contribution in [0.1, 0.15) is 35.0 Å². The number of carbonyl (C=O) groups excluding carboxylic acids is 2. The largest absolute Gasteiger partial charge is 0.503 e. The number of nitrogens with zero attached hydrogens (tertiary/aromatic N) is 1. The van der Waals surface area contributed by atoms with Crippen molar-refractivity contribution in [1.82, 2.24) is 4.90 Å². The van der Waals surface area contributed by atoms with Crippen molar-refractivity contribution in [3.63, 3.8) is 0 Å². The summed E-state index contributed by atoms with van der Waals surface area (Å²) in [5.41, 5.74) is 0.474. The second kappa shape index (κ2) is 8.23. The van der Waals surface area contributed by atoms with Gasteiger partial charge in [-0.25, -0.2) is 0 Å². The molecular weight excluding hydrogens is 390 g/mol. The Hall–Kier alpha value is -3.26. The lowest BCUT2D eigenvalue weighted by Gasteiger charge is -2.29. The molecule has 2 aliphatic heterocycles. The highest BCUT2D eigenvalue weighted by Crippen LogP contribution is 2.44. The number of rotatable bonds is 7. The summed E-state index contributed by atoms with van der Waals surface area (Å²) in [6.07, 6.45) is 2.90. The number of benzene rings is 1. The SMILES string of the molecule is COc1ccc(OC)c([C@@H]2C(C(=O)c3ccco3)=C(O)C(=O)N2C[C@@H]2CCCO2)c1. The molecule has 2 atom stereocenters. The van der Waals surface area contributed by atoms with E-state index in [1.54, 1.807) is 24.3 Å². The van der Waals surface area contributed by atoms with E-state index in [2.05, 4.69) is 0 Å². The van der Waals surface area contributed by atoms with Gasteiger partial charge in [0.1, 0.15) is 11.5 Å². The average Bonchev–Trinajstić information content (AvgIpc) is 3.52. The fourth-order valence-corrected chi connectivity index (χ4v) is 4.00. The van der Waals surface area contributed by atoms with Crippen LogP contribution in [0.2, 0.25) is 0 Å². The normalized spacial score (nSPS) is 21.4. The molecular formula is C22H23NO7. The first-order chi connectivity index (χ1) is 14.5. The quantitative estimate of drug-likeness (QED) is 0.697. The zero-order valence-corrected chi connectivity index (χ0v) is 16.8. The Bertz CT molecular complexity index is 973. The van der Waals surface area contributed by atoms with Gasteiger partial charge in [0.2, 0.25) is 5.78 Å². The molecule has 0 unspecified atom stereocenters. The molecule has 2 aromatic rings. The first-order valence-electron chi connectivity index (χ1n) is 9.71. The van der Waals surface area contributed by atoms with Gasteiger partial charge in [0.25, 0.3) is 5.91 Å². The smallest absolute Gasteiger partial charge is 0.290 e. The summed E-state index contributed by atoms with van der Waals surface area (Å²) in [4.78, 5) is 27.7. The van der Waals surface area contributed by atoms with Crippen LogP contribution in [-0.4, -0.2) is 55.2 Å². The summed E-state index contributed by atoms with van der Waals surface area (Å²) >= 11 is 0. The molecule has 2 aliphatic rings. The minimum Gasteiger partial charge on any atom is -0.503 e. The number of hydrogen-bond donors (Lipinski definition) is 1. The Morgan fingerprint density at radius 2 is 2.10 bits per heavy atom. The predicted molar refractivity (Wildman–Crippen MR) is 106 cm³/mol. The molecule has 0 aliphatic carbocycles. The zero-order valence-electron chi connectivity index (χ0n) is 16.8. The standard InChI is InChI=1S/C22H23NO7/c1-27-13-7-8-16(28-2)15(11-13)19-18(20(24)17-6-4-10-30-17)21(25)22(26)23(19)12-14-5-3-9-29-14/h4,6-8,10-11,14,19,25H,3,5,9,12H2,1-2H3/t14-,19+/m0/s1. The van der Waals surface area contributed by atoms with Crippen LogP contribution in [0, 0.1) is 0 Å². The lowest BCUT2D eigenvalue weighted by Crippen LogP contribution is -2.37. The average molecular weight is 413 g/mol. The van der Waals surface area contributed by atoms with Gasteiger partial charge in [0, 0.05) is 18.7 Å². The molecule has 1 amide bonds. The van der Waals surface area contributed by atoms with E-state index in [1.807, 2.05) is 0 Å². The Morgan fingerprint density at radius 1 is 1.27 bits per heavy atom. The van der Waals surface area contributed by atoms with E-state index in [0.29, 0.717) is 23.7 Å². The van der Waals surface area contributed by atoms with Gasteiger partial charge in [0.05, 0.1) is 38.2 Å². The summed E-state index contributed by atoms with van der Waals surface area (Å²) in [6, 6.07) is 7.33. The Morgan fingerprint density at radius 3 is 2.73 bits per heavy atom. The fraction of sp³-hybridized carbons (Fsp3) is 0.364. The number of aliphatic hydroxyl groups excluding tert-OH is 1. The number of amides is 1. The molecule has 0 radical (unpaired) electrons. The number of ketones is 1. The third-order valence-electron chi connectivity index (χ3n) is 5.45. The van der Waals surface area contributed by atoms with Crippen LogP contribution in [0.4, 0.5) is 0 Å². The van der Waals surface area contributed by atoms with Crippen molar-refractivity contribution in [2.45, 2.75) is 25.0 Å².